The topological polar surface area (TPSA) is 53.6 Å². The fourth-order valence-corrected chi connectivity index (χ4v) is 6.22. The number of benzene rings is 1. The van der Waals surface area contributed by atoms with Crippen molar-refractivity contribution in [2.45, 2.75) is 51.1 Å². The van der Waals surface area contributed by atoms with Gasteiger partial charge < -0.3 is 16.0 Å². The Morgan fingerprint density at radius 3 is 2.63 bits per heavy atom. The molecule has 3 N–H and O–H groups in total. The first-order valence-electron chi connectivity index (χ1n) is 13.0. The second kappa shape index (κ2) is 10.4. The number of hydrogen-bond donors (Lipinski definition) is 2. The summed E-state index contributed by atoms with van der Waals surface area (Å²) in [6.07, 6.45) is 17.6. The smallest absolute Gasteiger partial charge is 0.0782 e. The van der Waals surface area contributed by atoms with Crippen LogP contribution in [0.1, 0.15) is 50.7 Å². The van der Waals surface area contributed by atoms with Crippen LogP contribution in [0.5, 0.6) is 0 Å². The van der Waals surface area contributed by atoms with Crippen molar-refractivity contribution in [3.05, 3.63) is 89.3 Å². The quantitative estimate of drug-likeness (QED) is 0.372. The molecule has 1 aromatic carbocycles. The molecule has 2 saturated carbocycles. The van der Waals surface area contributed by atoms with Gasteiger partial charge in [-0.25, -0.2) is 0 Å². The van der Waals surface area contributed by atoms with Gasteiger partial charge in [-0.2, -0.15) is 0 Å². The Balaban J connectivity index is 1.69. The standard InChI is InChI=1S/C31H42N4/c1-7-21(19-33-4)27-14-15-31(3,25-11-9-10-23(16-25)22(8-2)20-35(5)6)34-30(27)18-24-17-29(32)28-13-12-26(24)28/h7-11,14-16,19-20,24,26,28-29,34H,2,12-13,17-18,32H2,1,3-6H3/b21-7+,22-20+,33-19?. The van der Waals surface area contributed by atoms with Gasteiger partial charge in [0.15, 0.2) is 0 Å². The molecular weight excluding hydrogens is 428 g/mol. The van der Waals surface area contributed by atoms with E-state index in [4.69, 9.17) is 5.73 Å². The lowest BCUT2D eigenvalue weighted by Crippen LogP contribution is -2.41. The number of nitrogens with zero attached hydrogens (tertiary/aromatic N) is 2. The maximum atomic E-state index is 6.52. The van der Waals surface area contributed by atoms with E-state index in [0.29, 0.717) is 12.0 Å². The van der Waals surface area contributed by atoms with Crippen LogP contribution in [0.25, 0.3) is 5.57 Å². The van der Waals surface area contributed by atoms with Gasteiger partial charge in [0, 0.05) is 50.9 Å². The largest absolute Gasteiger partial charge is 0.383 e. The highest BCUT2D eigenvalue weighted by Gasteiger charge is 2.47. The average molecular weight is 471 g/mol. The number of dihydropyridines is 1. The van der Waals surface area contributed by atoms with Gasteiger partial charge in [-0.1, -0.05) is 49.1 Å². The third-order valence-corrected chi connectivity index (χ3v) is 8.20. The molecule has 4 rings (SSSR count). The summed E-state index contributed by atoms with van der Waals surface area (Å²) in [5, 5.41) is 3.99. The van der Waals surface area contributed by atoms with Crippen LogP contribution in [0.3, 0.4) is 0 Å². The number of aliphatic imine (C=N–C) groups is 1. The summed E-state index contributed by atoms with van der Waals surface area (Å²) in [6.45, 7) is 8.41. The van der Waals surface area contributed by atoms with Crippen molar-refractivity contribution < 1.29 is 0 Å². The van der Waals surface area contributed by atoms with Crippen molar-refractivity contribution in [3.8, 4) is 0 Å². The zero-order valence-corrected chi connectivity index (χ0v) is 22.1. The van der Waals surface area contributed by atoms with Crippen molar-refractivity contribution in [2.75, 3.05) is 21.1 Å². The van der Waals surface area contributed by atoms with Crippen LogP contribution in [0.2, 0.25) is 0 Å². The van der Waals surface area contributed by atoms with E-state index < -0.39 is 0 Å². The van der Waals surface area contributed by atoms with Crippen molar-refractivity contribution >= 4 is 11.8 Å². The van der Waals surface area contributed by atoms with Crippen LogP contribution < -0.4 is 11.1 Å². The van der Waals surface area contributed by atoms with Gasteiger partial charge in [0.25, 0.3) is 0 Å². The molecule has 1 aromatic rings. The highest BCUT2D eigenvalue weighted by molar-refractivity contribution is 5.86. The molecule has 5 atom stereocenters. The number of nitrogens with one attached hydrogen (secondary N) is 1. The molecule has 4 heteroatoms. The van der Waals surface area contributed by atoms with Gasteiger partial charge in [0.2, 0.25) is 0 Å². The average Bonchev–Trinajstić information content (AvgIpc) is 3.01. The second-order valence-electron chi connectivity index (χ2n) is 10.8. The molecule has 0 spiro atoms. The Morgan fingerprint density at radius 1 is 1.26 bits per heavy atom. The minimum Gasteiger partial charge on any atom is -0.383 e. The van der Waals surface area contributed by atoms with Gasteiger partial charge in [0.1, 0.15) is 0 Å². The molecule has 1 heterocycles. The summed E-state index contributed by atoms with van der Waals surface area (Å²) < 4.78 is 0. The number of fused-ring (bicyclic) bond motifs is 1. The second-order valence-corrected chi connectivity index (χ2v) is 10.8. The van der Waals surface area contributed by atoms with Crippen molar-refractivity contribution in [2.24, 2.45) is 28.5 Å². The molecule has 2 fully saturated rings. The van der Waals surface area contributed by atoms with E-state index in [1.54, 1.807) is 0 Å². The normalized spacial score (nSPS) is 30.8. The summed E-state index contributed by atoms with van der Waals surface area (Å²) in [4.78, 5) is 6.39. The van der Waals surface area contributed by atoms with E-state index in [-0.39, 0.29) is 5.54 Å². The predicted octanol–water partition coefficient (Wildman–Crippen LogP) is 5.81. The van der Waals surface area contributed by atoms with Gasteiger partial charge >= 0.3 is 0 Å². The third kappa shape index (κ3) is 5.08. The Morgan fingerprint density at radius 2 is 2.03 bits per heavy atom. The minimum absolute atomic E-state index is 0.304. The molecular formula is C31H42N4. The van der Waals surface area contributed by atoms with Gasteiger partial charge in [0.05, 0.1) is 5.54 Å². The summed E-state index contributed by atoms with van der Waals surface area (Å²) in [5.41, 5.74) is 13.5. The molecule has 0 aromatic heterocycles. The molecule has 3 aliphatic rings. The Hall–Kier alpha value is -2.85. The van der Waals surface area contributed by atoms with E-state index in [0.717, 1.165) is 35.8 Å². The number of nitrogens with two attached hydrogens (primary N) is 1. The molecule has 4 nitrogen and oxygen atoms in total. The number of hydrogen-bond acceptors (Lipinski definition) is 4. The van der Waals surface area contributed by atoms with Gasteiger partial charge in [-0.3, -0.25) is 4.99 Å². The molecule has 2 aliphatic carbocycles. The Bertz CT molecular complexity index is 1100. The van der Waals surface area contributed by atoms with E-state index in [1.807, 2.05) is 33.4 Å². The van der Waals surface area contributed by atoms with E-state index in [2.05, 4.69) is 84.3 Å². The Labute approximate surface area is 212 Å². The molecule has 0 saturated heterocycles. The van der Waals surface area contributed by atoms with Crippen LogP contribution in [0, 0.1) is 17.8 Å². The minimum atomic E-state index is -0.304. The molecule has 0 radical (unpaired) electrons. The van der Waals surface area contributed by atoms with Crippen molar-refractivity contribution in [1.29, 1.82) is 0 Å². The zero-order chi connectivity index (χ0) is 25.2. The number of allylic oxidation sites excluding steroid dienone is 7. The lowest BCUT2D eigenvalue weighted by atomic mass is 9.70. The van der Waals surface area contributed by atoms with Crippen LogP contribution in [-0.4, -0.2) is 38.3 Å². The van der Waals surface area contributed by atoms with Gasteiger partial charge in [-0.05, 0) is 85.6 Å². The highest BCUT2D eigenvalue weighted by atomic mass is 15.0. The molecule has 35 heavy (non-hydrogen) atoms. The summed E-state index contributed by atoms with van der Waals surface area (Å²) >= 11 is 0. The maximum Gasteiger partial charge on any atom is 0.0782 e. The Kier molecular flexibility index (Phi) is 7.51. The molecule has 0 amide bonds. The molecule has 186 valence electrons. The molecule has 0 bridgehead atoms. The predicted molar refractivity (Wildman–Crippen MR) is 150 cm³/mol. The van der Waals surface area contributed by atoms with E-state index in [1.165, 1.54) is 35.2 Å². The summed E-state index contributed by atoms with van der Waals surface area (Å²) in [5.74, 6) is 2.15. The van der Waals surface area contributed by atoms with Crippen LogP contribution in [0.15, 0.2) is 83.2 Å². The van der Waals surface area contributed by atoms with E-state index >= 15 is 0 Å². The molecule has 5 unspecified atom stereocenters. The van der Waals surface area contributed by atoms with Crippen molar-refractivity contribution in [3.63, 3.8) is 0 Å². The van der Waals surface area contributed by atoms with E-state index in [9.17, 15) is 0 Å². The lowest BCUT2D eigenvalue weighted by molar-refractivity contribution is 0.160. The summed E-state index contributed by atoms with van der Waals surface area (Å²) in [6, 6.07) is 9.17. The maximum absolute atomic E-state index is 6.52. The van der Waals surface area contributed by atoms with Crippen molar-refractivity contribution in [1.82, 2.24) is 10.2 Å². The lowest BCUT2D eigenvalue weighted by Gasteiger charge is -2.39. The van der Waals surface area contributed by atoms with Crippen LogP contribution in [-0.2, 0) is 5.54 Å². The fraction of sp³-hybridized carbons (Fsp3) is 0.452. The first-order chi connectivity index (χ1) is 16.8. The SMILES string of the molecule is C=C/C(=C\N(C)C)c1cccc(C2(C)C=CC(/C(C=NC)=C/C)=C(CC3CC(N)C4CCC34)N2)c1. The van der Waals surface area contributed by atoms with Crippen LogP contribution in [0.4, 0.5) is 0 Å². The third-order valence-electron chi connectivity index (χ3n) is 8.20. The van der Waals surface area contributed by atoms with Gasteiger partial charge in [-0.15, -0.1) is 0 Å². The summed E-state index contributed by atoms with van der Waals surface area (Å²) in [7, 11) is 5.92. The highest BCUT2D eigenvalue weighted by Crippen LogP contribution is 2.52. The fourth-order valence-electron chi connectivity index (χ4n) is 6.22. The van der Waals surface area contributed by atoms with Crippen LogP contribution >= 0.6 is 0 Å². The molecule has 1 aliphatic heterocycles. The monoisotopic (exact) mass is 470 g/mol. The zero-order valence-electron chi connectivity index (χ0n) is 22.1. The number of rotatable bonds is 8. The first-order valence-corrected chi connectivity index (χ1v) is 13.0. The first kappa shape index (κ1) is 25.2.